The summed E-state index contributed by atoms with van der Waals surface area (Å²) >= 11 is 0. The molecule has 0 aliphatic rings. The lowest BCUT2D eigenvalue weighted by molar-refractivity contribution is -0.119. The van der Waals surface area contributed by atoms with E-state index in [1.807, 2.05) is 42.0 Å². The van der Waals surface area contributed by atoms with Gasteiger partial charge in [0, 0.05) is 30.1 Å². The van der Waals surface area contributed by atoms with Crippen molar-refractivity contribution in [2.45, 2.75) is 26.3 Å². The third-order valence-electron chi connectivity index (χ3n) is 4.53. The van der Waals surface area contributed by atoms with Crippen LogP contribution in [-0.4, -0.2) is 22.1 Å². The Hall–Kier alpha value is -3.15. The van der Waals surface area contributed by atoms with E-state index < -0.39 is 0 Å². The summed E-state index contributed by atoms with van der Waals surface area (Å²) in [5.74, 6) is 0.143. The molecule has 0 saturated heterocycles. The first kappa shape index (κ1) is 19.6. The average molecular weight is 381 g/mol. The fraction of sp³-hybridized carbons (Fsp3) is 0.273. The van der Waals surface area contributed by atoms with Crippen LogP contribution in [0.3, 0.4) is 0 Å². The van der Waals surface area contributed by atoms with Crippen LogP contribution in [0.15, 0.2) is 67.3 Å². The standard InChI is InChI=1S/C22H24FN3O2/c1-17(9-10-18-5-2-3-8-21(18)23)22(27)25-19-6-4-7-20(15-19)28-14-13-26-12-11-24-16-26/h2-8,11-12,15-17H,9-10,13-14H2,1H3,(H,25,27). The van der Waals surface area contributed by atoms with Crippen LogP contribution < -0.4 is 10.1 Å². The molecule has 3 aromatic rings. The Morgan fingerprint density at radius 1 is 1.25 bits per heavy atom. The molecule has 0 bridgehead atoms. The Morgan fingerprint density at radius 3 is 2.89 bits per heavy atom. The first-order valence-corrected chi connectivity index (χ1v) is 9.34. The van der Waals surface area contributed by atoms with E-state index in [4.69, 9.17) is 4.74 Å². The van der Waals surface area contributed by atoms with Crippen LogP contribution >= 0.6 is 0 Å². The molecule has 1 amide bonds. The molecule has 0 saturated carbocycles. The van der Waals surface area contributed by atoms with Crippen LogP contribution in [0, 0.1) is 11.7 Å². The third kappa shape index (κ3) is 5.67. The molecule has 0 aliphatic heterocycles. The number of hydrogen-bond donors (Lipinski definition) is 1. The van der Waals surface area contributed by atoms with Crippen LogP contribution in [0.2, 0.25) is 0 Å². The van der Waals surface area contributed by atoms with Crippen molar-refractivity contribution in [3.63, 3.8) is 0 Å². The van der Waals surface area contributed by atoms with Gasteiger partial charge in [-0.2, -0.15) is 0 Å². The van der Waals surface area contributed by atoms with Gasteiger partial charge in [-0.05, 0) is 36.6 Å². The van der Waals surface area contributed by atoms with E-state index in [1.54, 1.807) is 30.7 Å². The van der Waals surface area contributed by atoms with E-state index in [2.05, 4.69) is 10.3 Å². The van der Waals surface area contributed by atoms with Gasteiger partial charge in [-0.15, -0.1) is 0 Å². The van der Waals surface area contributed by atoms with Crippen molar-refractivity contribution in [3.8, 4) is 5.75 Å². The van der Waals surface area contributed by atoms with Crippen molar-refractivity contribution < 1.29 is 13.9 Å². The van der Waals surface area contributed by atoms with Crippen molar-refractivity contribution in [1.29, 1.82) is 0 Å². The minimum absolute atomic E-state index is 0.0908. The summed E-state index contributed by atoms with van der Waals surface area (Å²) in [4.78, 5) is 16.4. The van der Waals surface area contributed by atoms with Crippen molar-refractivity contribution in [3.05, 3.63) is 78.6 Å². The lowest BCUT2D eigenvalue weighted by atomic mass is 10.00. The number of hydrogen-bond acceptors (Lipinski definition) is 3. The largest absolute Gasteiger partial charge is 0.492 e. The van der Waals surface area contributed by atoms with Crippen molar-refractivity contribution in [2.75, 3.05) is 11.9 Å². The summed E-state index contributed by atoms with van der Waals surface area (Å²) in [6.45, 7) is 3.05. The Bertz CT molecular complexity index is 896. The van der Waals surface area contributed by atoms with E-state index in [-0.39, 0.29) is 17.6 Å². The number of ether oxygens (including phenoxy) is 1. The van der Waals surface area contributed by atoms with Crippen molar-refractivity contribution in [1.82, 2.24) is 9.55 Å². The molecule has 5 nitrogen and oxygen atoms in total. The van der Waals surface area contributed by atoms with Crippen LogP contribution in [0.1, 0.15) is 18.9 Å². The Morgan fingerprint density at radius 2 is 2.11 bits per heavy atom. The van der Waals surface area contributed by atoms with E-state index in [0.29, 0.717) is 43.0 Å². The fourth-order valence-corrected chi connectivity index (χ4v) is 2.82. The van der Waals surface area contributed by atoms with Crippen LogP contribution in [0.25, 0.3) is 0 Å². The number of carbonyl (C=O) groups excluding carboxylic acids is 1. The van der Waals surface area contributed by atoms with Gasteiger partial charge in [0.1, 0.15) is 18.2 Å². The molecule has 28 heavy (non-hydrogen) atoms. The molecule has 3 rings (SSSR count). The minimum atomic E-state index is -0.231. The molecule has 146 valence electrons. The van der Waals surface area contributed by atoms with Crippen LogP contribution in [0.4, 0.5) is 10.1 Å². The molecule has 0 spiro atoms. The molecule has 0 radical (unpaired) electrons. The van der Waals surface area contributed by atoms with E-state index in [9.17, 15) is 9.18 Å². The summed E-state index contributed by atoms with van der Waals surface area (Å²) < 4.78 is 21.4. The van der Waals surface area contributed by atoms with Gasteiger partial charge in [-0.3, -0.25) is 4.79 Å². The Balaban J connectivity index is 1.48. The molecule has 1 N–H and O–H groups in total. The fourth-order valence-electron chi connectivity index (χ4n) is 2.82. The first-order chi connectivity index (χ1) is 13.6. The zero-order valence-electron chi connectivity index (χ0n) is 15.8. The van der Waals surface area contributed by atoms with Gasteiger partial charge in [0.25, 0.3) is 0 Å². The number of imidazole rings is 1. The predicted molar refractivity (Wildman–Crippen MR) is 107 cm³/mol. The molecular formula is C22H24FN3O2. The Labute approximate surface area is 164 Å². The molecule has 0 fully saturated rings. The Kier molecular flexibility index (Phi) is 6.78. The number of halogens is 1. The highest BCUT2D eigenvalue weighted by atomic mass is 19.1. The third-order valence-corrected chi connectivity index (χ3v) is 4.53. The van der Waals surface area contributed by atoms with Gasteiger partial charge in [-0.1, -0.05) is 31.2 Å². The van der Waals surface area contributed by atoms with Gasteiger partial charge >= 0.3 is 0 Å². The summed E-state index contributed by atoms with van der Waals surface area (Å²) in [5, 5.41) is 2.91. The predicted octanol–water partition coefficient (Wildman–Crippen LogP) is 4.31. The minimum Gasteiger partial charge on any atom is -0.492 e. The second-order valence-corrected chi connectivity index (χ2v) is 6.70. The number of carbonyl (C=O) groups is 1. The van der Waals surface area contributed by atoms with Crippen molar-refractivity contribution in [2.24, 2.45) is 5.92 Å². The number of aryl methyl sites for hydroxylation is 1. The molecule has 1 unspecified atom stereocenters. The summed E-state index contributed by atoms with van der Waals surface area (Å²) in [5.41, 5.74) is 1.32. The van der Waals surface area contributed by atoms with E-state index in [1.165, 1.54) is 6.07 Å². The highest BCUT2D eigenvalue weighted by Gasteiger charge is 2.14. The number of rotatable bonds is 9. The molecule has 0 aliphatic carbocycles. The quantitative estimate of drug-likeness (QED) is 0.601. The lowest BCUT2D eigenvalue weighted by Gasteiger charge is -2.13. The zero-order chi connectivity index (χ0) is 19.8. The van der Waals surface area contributed by atoms with E-state index >= 15 is 0 Å². The smallest absolute Gasteiger partial charge is 0.227 e. The van der Waals surface area contributed by atoms with Gasteiger partial charge in [-0.25, -0.2) is 9.37 Å². The number of nitrogens with one attached hydrogen (secondary N) is 1. The molecular weight excluding hydrogens is 357 g/mol. The van der Waals surface area contributed by atoms with Crippen LogP contribution in [0.5, 0.6) is 5.75 Å². The summed E-state index contributed by atoms with van der Waals surface area (Å²) in [7, 11) is 0. The number of aromatic nitrogens is 2. The normalized spacial score (nSPS) is 11.8. The number of nitrogens with zero attached hydrogens (tertiary/aromatic N) is 2. The lowest BCUT2D eigenvalue weighted by Crippen LogP contribution is -2.21. The molecule has 1 heterocycles. The van der Waals surface area contributed by atoms with Crippen LogP contribution in [-0.2, 0) is 17.8 Å². The first-order valence-electron chi connectivity index (χ1n) is 9.34. The van der Waals surface area contributed by atoms with Crippen molar-refractivity contribution >= 4 is 11.6 Å². The monoisotopic (exact) mass is 381 g/mol. The SMILES string of the molecule is CC(CCc1ccccc1F)C(=O)Nc1cccc(OCCn2ccnc2)c1. The summed E-state index contributed by atoms with van der Waals surface area (Å²) in [6, 6.07) is 14.0. The highest BCUT2D eigenvalue weighted by molar-refractivity contribution is 5.92. The maximum Gasteiger partial charge on any atom is 0.227 e. The molecule has 6 heteroatoms. The van der Waals surface area contributed by atoms with Gasteiger partial charge in [0.15, 0.2) is 0 Å². The maximum absolute atomic E-state index is 13.7. The second kappa shape index (κ2) is 9.69. The number of benzene rings is 2. The average Bonchev–Trinajstić information content (AvgIpc) is 3.21. The summed E-state index contributed by atoms with van der Waals surface area (Å²) in [6.07, 6.45) is 6.45. The molecule has 1 atom stereocenters. The maximum atomic E-state index is 13.7. The van der Waals surface area contributed by atoms with Gasteiger partial charge in [0.2, 0.25) is 5.91 Å². The van der Waals surface area contributed by atoms with Gasteiger partial charge in [0.05, 0.1) is 12.9 Å². The second-order valence-electron chi connectivity index (χ2n) is 6.70. The zero-order valence-corrected chi connectivity index (χ0v) is 15.8. The molecule has 2 aromatic carbocycles. The number of amides is 1. The number of anilines is 1. The topological polar surface area (TPSA) is 56.1 Å². The van der Waals surface area contributed by atoms with E-state index in [0.717, 1.165) is 0 Å². The highest BCUT2D eigenvalue weighted by Crippen LogP contribution is 2.19. The van der Waals surface area contributed by atoms with Gasteiger partial charge < -0.3 is 14.6 Å². The molecule has 1 aromatic heterocycles.